The second kappa shape index (κ2) is 10.5. The van der Waals surface area contributed by atoms with Crippen molar-refractivity contribution in [3.63, 3.8) is 0 Å². The lowest BCUT2D eigenvalue weighted by atomic mass is 9.59. The number of anilines is 1. The lowest BCUT2D eigenvalue weighted by molar-refractivity contribution is -0.126. The molecule has 2 heterocycles. The van der Waals surface area contributed by atoms with Gasteiger partial charge in [-0.2, -0.15) is 0 Å². The van der Waals surface area contributed by atoms with Crippen molar-refractivity contribution in [1.82, 2.24) is 10.2 Å². The van der Waals surface area contributed by atoms with E-state index in [1.807, 2.05) is 24.3 Å². The van der Waals surface area contributed by atoms with Crippen LogP contribution in [0, 0.1) is 5.82 Å². The molecule has 202 valence electrons. The van der Waals surface area contributed by atoms with Gasteiger partial charge in [-0.05, 0) is 72.4 Å². The van der Waals surface area contributed by atoms with Gasteiger partial charge in [0.25, 0.3) is 0 Å². The minimum Gasteiger partial charge on any atom is -0.335 e. The summed E-state index contributed by atoms with van der Waals surface area (Å²) in [6.07, 6.45) is 5.72. The van der Waals surface area contributed by atoms with Crippen molar-refractivity contribution in [2.75, 3.05) is 11.9 Å². The zero-order chi connectivity index (χ0) is 27.1. The van der Waals surface area contributed by atoms with Crippen molar-refractivity contribution >= 4 is 40.8 Å². The van der Waals surface area contributed by atoms with Crippen molar-refractivity contribution < 1.29 is 14.0 Å². The van der Waals surface area contributed by atoms with E-state index in [1.54, 1.807) is 35.2 Å². The molecule has 2 fully saturated rings. The van der Waals surface area contributed by atoms with Crippen LogP contribution in [-0.4, -0.2) is 29.4 Å². The molecule has 3 aromatic carbocycles. The molecule has 3 unspecified atom stereocenters. The molecule has 39 heavy (non-hydrogen) atoms. The van der Waals surface area contributed by atoms with E-state index in [2.05, 4.69) is 10.6 Å². The van der Waals surface area contributed by atoms with Gasteiger partial charge in [0.2, 0.25) is 5.91 Å². The van der Waals surface area contributed by atoms with E-state index in [9.17, 15) is 14.0 Å². The summed E-state index contributed by atoms with van der Waals surface area (Å²) in [4.78, 5) is 30.1. The smallest absolute Gasteiger partial charge is 0.318 e. The van der Waals surface area contributed by atoms with E-state index < -0.39 is 17.3 Å². The number of likely N-dealkylation sites (tertiary alicyclic amines) is 1. The monoisotopic (exact) mass is 565 g/mol. The third-order valence-corrected chi connectivity index (χ3v) is 9.08. The third-order valence-electron chi connectivity index (χ3n) is 8.61. The standard InChI is InChI=1S/C31H30Cl2FN3O2/c32-21-8-4-6-19(16-21)25-14-15-37(30(39)35-24-10-2-1-3-11-24)28(20-7-5-9-23(34)17-20)31(25)26-13-12-22(33)18-27(26)36-29(31)38/h4-9,12-13,16-18,24-25,28H,1-3,10-11,14-15H2,(H,35,39)(H,36,38). The van der Waals surface area contributed by atoms with Crippen LogP contribution in [0.15, 0.2) is 66.7 Å². The topological polar surface area (TPSA) is 61.4 Å². The Labute approximate surface area is 237 Å². The largest absolute Gasteiger partial charge is 0.335 e. The molecule has 5 nitrogen and oxygen atoms in total. The first-order valence-corrected chi connectivity index (χ1v) is 14.3. The number of benzene rings is 3. The molecule has 0 aromatic heterocycles. The highest BCUT2D eigenvalue weighted by molar-refractivity contribution is 6.31. The third kappa shape index (κ3) is 4.57. The maximum Gasteiger partial charge on any atom is 0.318 e. The van der Waals surface area contributed by atoms with Gasteiger partial charge in [0.05, 0.1) is 6.04 Å². The van der Waals surface area contributed by atoms with Gasteiger partial charge in [-0.1, -0.05) is 72.8 Å². The Morgan fingerprint density at radius 2 is 1.67 bits per heavy atom. The SMILES string of the molecule is O=C(NC1CCCCC1)N1CCC(c2cccc(Cl)c2)C2(C(=O)Nc3cc(Cl)ccc32)C1c1cccc(F)c1. The molecule has 3 aliphatic rings. The Balaban J connectivity index is 1.56. The second-order valence-electron chi connectivity index (χ2n) is 10.8. The van der Waals surface area contributed by atoms with Gasteiger partial charge in [0.15, 0.2) is 0 Å². The van der Waals surface area contributed by atoms with Crippen LogP contribution in [0.2, 0.25) is 10.0 Å². The quantitative estimate of drug-likeness (QED) is 0.343. The fraction of sp³-hybridized carbons (Fsp3) is 0.355. The molecule has 0 radical (unpaired) electrons. The highest BCUT2D eigenvalue weighted by atomic mass is 35.5. The van der Waals surface area contributed by atoms with E-state index >= 15 is 0 Å². The van der Waals surface area contributed by atoms with Crippen molar-refractivity contribution in [3.8, 4) is 0 Å². The Hall–Kier alpha value is -3.09. The molecule has 3 atom stereocenters. The summed E-state index contributed by atoms with van der Waals surface area (Å²) < 4.78 is 14.8. The number of hydrogen-bond donors (Lipinski definition) is 2. The molecule has 3 aromatic rings. The number of amides is 3. The fourth-order valence-corrected chi connectivity index (χ4v) is 7.37. The zero-order valence-electron chi connectivity index (χ0n) is 21.4. The minimum absolute atomic E-state index is 0.0875. The molecular weight excluding hydrogens is 536 g/mol. The minimum atomic E-state index is -1.24. The second-order valence-corrected chi connectivity index (χ2v) is 11.7. The Kier molecular flexibility index (Phi) is 7.02. The fourth-order valence-electron chi connectivity index (χ4n) is 7.00. The first-order valence-electron chi connectivity index (χ1n) is 13.6. The molecule has 6 rings (SSSR count). The number of piperidine rings is 1. The van der Waals surface area contributed by atoms with E-state index in [1.165, 1.54) is 18.6 Å². The highest BCUT2D eigenvalue weighted by Crippen LogP contribution is 2.60. The summed E-state index contributed by atoms with van der Waals surface area (Å²) in [6.45, 7) is 0.398. The van der Waals surface area contributed by atoms with Gasteiger partial charge in [0.1, 0.15) is 11.2 Å². The van der Waals surface area contributed by atoms with E-state index in [0.717, 1.165) is 36.8 Å². The van der Waals surface area contributed by atoms with Crippen LogP contribution in [0.3, 0.4) is 0 Å². The molecule has 2 N–H and O–H groups in total. The molecule has 1 aliphatic carbocycles. The number of nitrogens with one attached hydrogen (secondary N) is 2. The van der Waals surface area contributed by atoms with Gasteiger partial charge in [-0.25, -0.2) is 9.18 Å². The number of carbonyl (C=O) groups is 2. The molecule has 8 heteroatoms. The first kappa shape index (κ1) is 26.1. The van der Waals surface area contributed by atoms with E-state index in [-0.39, 0.29) is 23.9 Å². The summed E-state index contributed by atoms with van der Waals surface area (Å²) >= 11 is 12.8. The normalized spacial score (nSPS) is 24.9. The molecule has 1 spiro atoms. The average Bonchev–Trinajstić information content (AvgIpc) is 3.19. The molecule has 0 bridgehead atoms. The molecule has 1 saturated heterocycles. The van der Waals surface area contributed by atoms with Gasteiger partial charge >= 0.3 is 6.03 Å². The van der Waals surface area contributed by atoms with Crippen molar-refractivity contribution in [2.24, 2.45) is 0 Å². The zero-order valence-corrected chi connectivity index (χ0v) is 22.9. The summed E-state index contributed by atoms with van der Waals surface area (Å²) in [7, 11) is 0. The maximum absolute atomic E-state index is 14.8. The number of nitrogens with zero attached hydrogens (tertiary/aromatic N) is 1. The summed E-state index contributed by atoms with van der Waals surface area (Å²) in [5.41, 5.74) is 1.58. The number of carbonyl (C=O) groups excluding carboxylic acids is 2. The highest BCUT2D eigenvalue weighted by Gasteiger charge is 2.62. The van der Waals surface area contributed by atoms with E-state index in [0.29, 0.717) is 34.3 Å². The van der Waals surface area contributed by atoms with Crippen LogP contribution in [0.25, 0.3) is 0 Å². The van der Waals surface area contributed by atoms with E-state index in [4.69, 9.17) is 23.2 Å². The summed E-state index contributed by atoms with van der Waals surface area (Å²) in [5, 5.41) is 7.36. The van der Waals surface area contributed by atoms with Crippen LogP contribution in [0.4, 0.5) is 14.9 Å². The molecule has 3 amide bonds. The predicted octanol–water partition coefficient (Wildman–Crippen LogP) is 7.60. The molecule has 2 aliphatic heterocycles. The lowest BCUT2D eigenvalue weighted by Gasteiger charge is -2.52. The lowest BCUT2D eigenvalue weighted by Crippen LogP contribution is -2.60. The summed E-state index contributed by atoms with van der Waals surface area (Å²) in [6, 6.07) is 18.2. The van der Waals surface area contributed by atoms with Crippen LogP contribution >= 0.6 is 23.2 Å². The van der Waals surface area contributed by atoms with Gasteiger partial charge in [-0.15, -0.1) is 0 Å². The van der Waals surface area contributed by atoms with Gasteiger partial charge in [-0.3, -0.25) is 4.79 Å². The number of rotatable bonds is 3. The number of fused-ring (bicyclic) bond motifs is 2. The Morgan fingerprint density at radius 3 is 2.44 bits per heavy atom. The van der Waals surface area contributed by atoms with Gasteiger partial charge in [0, 0.05) is 34.2 Å². The maximum atomic E-state index is 14.8. The van der Waals surface area contributed by atoms with Crippen molar-refractivity contribution in [2.45, 2.75) is 61.9 Å². The molecular formula is C31H30Cl2FN3O2. The van der Waals surface area contributed by atoms with Gasteiger partial charge < -0.3 is 15.5 Å². The average molecular weight is 567 g/mol. The predicted molar refractivity (Wildman–Crippen MR) is 152 cm³/mol. The Bertz CT molecular complexity index is 1430. The Morgan fingerprint density at radius 1 is 0.923 bits per heavy atom. The van der Waals surface area contributed by atoms with Crippen LogP contribution in [-0.2, 0) is 10.2 Å². The van der Waals surface area contributed by atoms with Crippen LogP contribution < -0.4 is 10.6 Å². The number of halogens is 3. The number of urea groups is 1. The van der Waals surface area contributed by atoms with Crippen molar-refractivity contribution in [3.05, 3.63) is 99.3 Å². The van der Waals surface area contributed by atoms with Crippen molar-refractivity contribution in [1.29, 1.82) is 0 Å². The summed E-state index contributed by atoms with van der Waals surface area (Å²) in [5.74, 6) is -0.991. The number of hydrogen-bond acceptors (Lipinski definition) is 2. The molecule has 1 saturated carbocycles. The van der Waals surface area contributed by atoms with Crippen LogP contribution in [0.1, 0.15) is 67.2 Å². The first-order chi connectivity index (χ1) is 18.9. The van der Waals surface area contributed by atoms with Crippen LogP contribution in [0.5, 0.6) is 0 Å².